The first-order valence-electron chi connectivity index (χ1n) is 9.78. The van der Waals surface area contributed by atoms with E-state index in [2.05, 4.69) is 60.7 Å². The molecule has 0 aliphatic carbocycles. The fraction of sp³-hybridized carbons (Fsp3) is 0.192. The number of ether oxygens (including phenoxy) is 1. The molecule has 0 radical (unpaired) electrons. The van der Waals surface area contributed by atoms with Crippen LogP contribution in [0.15, 0.2) is 71.8 Å². The van der Waals surface area contributed by atoms with Crippen molar-refractivity contribution in [1.82, 2.24) is 0 Å². The highest BCUT2D eigenvalue weighted by Crippen LogP contribution is 2.49. The molecule has 29 heavy (non-hydrogen) atoms. The Hall–Kier alpha value is -2.91. The van der Waals surface area contributed by atoms with Gasteiger partial charge in [0.05, 0.1) is 0 Å². The molecule has 0 unspecified atom stereocenters. The number of thiophene rings is 1. The summed E-state index contributed by atoms with van der Waals surface area (Å²) in [6, 6.07) is 21.7. The Morgan fingerprint density at radius 3 is 1.76 bits per heavy atom. The Labute approximate surface area is 174 Å². The third-order valence-corrected chi connectivity index (χ3v) is 7.72. The highest BCUT2D eigenvalue weighted by atomic mass is 32.2. The number of carbonyl (C=O) groups is 1. The van der Waals surface area contributed by atoms with Gasteiger partial charge in [0.15, 0.2) is 14.3 Å². The van der Waals surface area contributed by atoms with Crippen molar-refractivity contribution < 1.29 is 9.53 Å². The van der Waals surface area contributed by atoms with Crippen LogP contribution in [0.4, 0.5) is 0 Å². The summed E-state index contributed by atoms with van der Waals surface area (Å²) in [5.74, 6) is 0.395. The monoisotopic (exact) mass is 401 g/mol. The van der Waals surface area contributed by atoms with Crippen molar-refractivity contribution in [3.63, 3.8) is 0 Å². The second kappa shape index (κ2) is 7.49. The van der Waals surface area contributed by atoms with E-state index < -0.39 is 0 Å². The Balaban J connectivity index is 1.88. The molecule has 0 bridgehead atoms. The van der Waals surface area contributed by atoms with Crippen LogP contribution < -0.4 is 4.74 Å². The molecular formula is C26H25O2S+. The van der Waals surface area contributed by atoms with Crippen LogP contribution in [0.2, 0.25) is 0 Å². The number of aryl methyl sites for hydroxylation is 2. The van der Waals surface area contributed by atoms with Gasteiger partial charge in [-0.15, -0.1) is 0 Å². The molecule has 4 rings (SSSR count). The van der Waals surface area contributed by atoms with Crippen molar-refractivity contribution in [2.45, 2.75) is 34.6 Å². The maximum Gasteiger partial charge on any atom is 0.339 e. The molecule has 3 heteroatoms. The summed E-state index contributed by atoms with van der Waals surface area (Å²) >= 11 is 0. The fourth-order valence-corrected chi connectivity index (χ4v) is 6.23. The summed E-state index contributed by atoms with van der Waals surface area (Å²) in [6.45, 7) is 9.71. The maximum atomic E-state index is 12.4. The number of hydrogen-bond acceptors (Lipinski definition) is 2. The van der Waals surface area contributed by atoms with E-state index in [1.807, 2.05) is 34.6 Å². The lowest BCUT2D eigenvalue weighted by Gasteiger charge is -2.11. The molecule has 0 N–H and O–H groups in total. The first-order chi connectivity index (χ1) is 13.9. The molecule has 0 aliphatic rings. The summed E-state index contributed by atoms with van der Waals surface area (Å²) in [4.78, 5) is 13.7. The number of fused-ring (bicyclic) bond motifs is 3. The van der Waals surface area contributed by atoms with Crippen molar-refractivity contribution in [2.75, 3.05) is 0 Å². The van der Waals surface area contributed by atoms with Crippen LogP contribution in [0, 0.1) is 13.8 Å². The minimum atomic E-state index is -0.275. The highest BCUT2D eigenvalue weighted by Gasteiger charge is 2.25. The van der Waals surface area contributed by atoms with Crippen molar-refractivity contribution in [3.8, 4) is 10.6 Å². The topological polar surface area (TPSA) is 26.3 Å². The van der Waals surface area contributed by atoms with E-state index in [1.165, 1.54) is 25.1 Å². The summed E-state index contributed by atoms with van der Waals surface area (Å²) < 4.78 is 8.48. The number of esters is 1. The highest BCUT2D eigenvalue weighted by molar-refractivity contribution is 7.50. The lowest BCUT2D eigenvalue weighted by Crippen LogP contribution is -2.12. The zero-order valence-corrected chi connectivity index (χ0v) is 18.3. The fourth-order valence-electron chi connectivity index (χ4n) is 3.67. The Morgan fingerprint density at radius 2 is 1.28 bits per heavy atom. The Morgan fingerprint density at radius 1 is 0.793 bits per heavy atom. The minimum Gasteiger partial charge on any atom is -0.423 e. The van der Waals surface area contributed by atoms with Gasteiger partial charge in [-0.05, 0) is 70.0 Å². The van der Waals surface area contributed by atoms with Gasteiger partial charge in [0.1, 0.15) is 5.75 Å². The van der Waals surface area contributed by atoms with E-state index in [9.17, 15) is 4.79 Å². The van der Waals surface area contributed by atoms with Gasteiger partial charge in [-0.3, -0.25) is 0 Å². The number of allylic oxidation sites excluding steroid dienone is 1. The molecule has 2 nitrogen and oxygen atoms in total. The van der Waals surface area contributed by atoms with Gasteiger partial charge in [-0.1, -0.05) is 29.8 Å². The van der Waals surface area contributed by atoms with Gasteiger partial charge < -0.3 is 4.74 Å². The smallest absolute Gasteiger partial charge is 0.339 e. The normalized spacial score (nSPS) is 11.1. The molecule has 0 saturated carbocycles. The third-order valence-electron chi connectivity index (χ3n) is 5.42. The first kappa shape index (κ1) is 19.4. The number of carbonyl (C=O) groups excluding carboxylic acids is 1. The van der Waals surface area contributed by atoms with Crippen LogP contribution >= 0.6 is 10.5 Å². The molecule has 4 aromatic rings. The summed E-state index contributed by atoms with van der Waals surface area (Å²) in [5, 5.41) is 2.63. The molecule has 0 saturated heterocycles. The zero-order chi connectivity index (χ0) is 20.7. The van der Waals surface area contributed by atoms with Gasteiger partial charge in [0.2, 0.25) is 0 Å². The second-order valence-corrected chi connectivity index (χ2v) is 9.66. The molecule has 0 atom stereocenters. The maximum absolute atomic E-state index is 12.4. The van der Waals surface area contributed by atoms with Crippen LogP contribution in [0.1, 0.15) is 31.9 Å². The van der Waals surface area contributed by atoms with Crippen molar-refractivity contribution >= 4 is 36.6 Å². The lowest BCUT2D eigenvalue weighted by atomic mass is 10.1. The van der Waals surface area contributed by atoms with Gasteiger partial charge in [-0.2, -0.15) is 0 Å². The van der Waals surface area contributed by atoms with E-state index in [4.69, 9.17) is 4.74 Å². The molecule has 0 spiro atoms. The van der Waals surface area contributed by atoms with Crippen LogP contribution in [-0.2, 0) is 4.79 Å². The van der Waals surface area contributed by atoms with Gasteiger partial charge in [0.25, 0.3) is 0 Å². The number of benzene rings is 3. The average Bonchev–Trinajstić information content (AvgIpc) is 3.04. The standard InChI is InChI=1S/C26H25O2S/c1-16(2)19(5)26(27)28-25-17(3)14-20(15-18(25)4)29-23-12-8-6-10-21(23)22-11-7-9-13-24(22)29/h6-15H,1-5H3/q+1. The van der Waals surface area contributed by atoms with Crippen molar-refractivity contribution in [2.24, 2.45) is 0 Å². The summed E-state index contributed by atoms with van der Waals surface area (Å²) in [6.07, 6.45) is 0. The Kier molecular flexibility index (Phi) is 5.01. The van der Waals surface area contributed by atoms with E-state index in [-0.39, 0.29) is 16.4 Å². The van der Waals surface area contributed by atoms with E-state index >= 15 is 0 Å². The molecule has 1 aromatic heterocycles. The van der Waals surface area contributed by atoms with Crippen LogP contribution in [0.5, 0.6) is 5.75 Å². The molecular weight excluding hydrogens is 376 g/mol. The predicted molar refractivity (Wildman–Crippen MR) is 124 cm³/mol. The molecule has 3 aromatic carbocycles. The Bertz CT molecular complexity index is 1210. The molecule has 1 heterocycles. The first-order valence-corrected chi connectivity index (χ1v) is 11.0. The quantitative estimate of drug-likeness (QED) is 0.153. The van der Waals surface area contributed by atoms with Crippen molar-refractivity contribution in [3.05, 3.63) is 82.9 Å². The van der Waals surface area contributed by atoms with Gasteiger partial charge >= 0.3 is 5.97 Å². The van der Waals surface area contributed by atoms with Gasteiger partial charge in [0, 0.05) is 38.9 Å². The average molecular weight is 402 g/mol. The van der Waals surface area contributed by atoms with Crippen LogP contribution in [0.25, 0.3) is 25.1 Å². The van der Waals surface area contributed by atoms with Crippen LogP contribution in [-0.4, -0.2) is 5.97 Å². The lowest BCUT2D eigenvalue weighted by molar-refractivity contribution is -0.130. The van der Waals surface area contributed by atoms with Crippen LogP contribution in [0.3, 0.4) is 0 Å². The van der Waals surface area contributed by atoms with E-state index in [0.29, 0.717) is 11.3 Å². The van der Waals surface area contributed by atoms with Crippen molar-refractivity contribution in [1.29, 1.82) is 0 Å². The van der Waals surface area contributed by atoms with Gasteiger partial charge in [-0.25, -0.2) is 4.79 Å². The molecule has 146 valence electrons. The summed E-state index contributed by atoms with van der Waals surface area (Å²) in [7, 11) is -0.148. The van der Waals surface area contributed by atoms with E-state index in [0.717, 1.165) is 16.7 Å². The molecule has 0 aliphatic heterocycles. The number of hydrogen-bond donors (Lipinski definition) is 0. The second-order valence-electron chi connectivity index (χ2n) is 7.70. The molecule has 0 amide bonds. The summed E-state index contributed by atoms with van der Waals surface area (Å²) in [5.41, 5.74) is 3.62. The predicted octanol–water partition coefficient (Wildman–Crippen LogP) is 7.61. The number of rotatable bonds is 3. The zero-order valence-electron chi connectivity index (χ0n) is 17.5. The SMILES string of the molecule is CC(C)=C(C)C(=O)Oc1c(C)cc(-[s+]2c3ccccc3c3ccccc32)cc1C. The largest absolute Gasteiger partial charge is 0.423 e. The molecule has 0 fully saturated rings. The van der Waals surface area contributed by atoms with E-state index in [1.54, 1.807) is 0 Å². The minimum absolute atomic E-state index is 0.148. The third kappa shape index (κ3) is 3.36.